The molecule has 36 heavy (non-hydrogen) atoms. The van der Waals surface area contributed by atoms with Crippen LogP contribution in [-0.4, -0.2) is 39.2 Å². The van der Waals surface area contributed by atoms with E-state index < -0.39 is 12.1 Å². The number of benzene rings is 3. The molecule has 0 bridgehead atoms. The minimum absolute atomic E-state index is 0.00467. The van der Waals surface area contributed by atoms with Crippen molar-refractivity contribution >= 4 is 34.3 Å². The van der Waals surface area contributed by atoms with Crippen molar-refractivity contribution in [3.8, 4) is 0 Å². The average Bonchev–Trinajstić information content (AvgIpc) is 3.28. The molecule has 1 N–H and O–H groups in total. The number of fused-ring (bicyclic) bond motifs is 1. The summed E-state index contributed by atoms with van der Waals surface area (Å²) in [7, 11) is 0. The number of aromatic nitrogens is 2. The molecule has 0 unspecified atom stereocenters. The standard InChI is InChI=1S/C28H25ClF2N4O/c1-17(30)35-25-8-3-2-7-24(25)33-27(35)18-11-13-34(14-12-18)28(36)22-10-9-20(16-23(22)31)26(32)19-5-4-6-21(29)15-19/h2-10,15-18,32H,11-14H2,1H3/t17-/m0/s1. The van der Waals surface area contributed by atoms with E-state index in [-0.39, 0.29) is 23.1 Å². The van der Waals surface area contributed by atoms with E-state index in [9.17, 15) is 13.6 Å². The van der Waals surface area contributed by atoms with Gasteiger partial charge in [0.15, 0.2) is 6.30 Å². The lowest BCUT2D eigenvalue weighted by molar-refractivity contribution is 0.0704. The summed E-state index contributed by atoms with van der Waals surface area (Å²) in [6.07, 6.45) is 0.00670. The van der Waals surface area contributed by atoms with E-state index in [1.165, 1.54) is 19.1 Å². The third-order valence-electron chi connectivity index (χ3n) is 6.73. The summed E-state index contributed by atoms with van der Waals surface area (Å²) in [5.41, 5.74) is 2.54. The fraction of sp³-hybridized carbons (Fsp3) is 0.250. The lowest BCUT2D eigenvalue weighted by Gasteiger charge is -2.32. The zero-order chi connectivity index (χ0) is 25.4. The van der Waals surface area contributed by atoms with Crippen LogP contribution in [0.25, 0.3) is 11.0 Å². The first-order chi connectivity index (χ1) is 17.3. The molecule has 1 fully saturated rings. The molecule has 1 amide bonds. The Morgan fingerprint density at radius 3 is 2.47 bits per heavy atom. The van der Waals surface area contributed by atoms with Gasteiger partial charge in [-0.05, 0) is 56.2 Å². The third kappa shape index (κ3) is 4.51. The maximum Gasteiger partial charge on any atom is 0.256 e. The molecule has 1 aliphatic rings. The summed E-state index contributed by atoms with van der Waals surface area (Å²) in [4.78, 5) is 19.4. The van der Waals surface area contributed by atoms with Crippen LogP contribution in [0.3, 0.4) is 0 Å². The molecule has 0 spiro atoms. The summed E-state index contributed by atoms with van der Waals surface area (Å²) in [6, 6.07) is 18.5. The van der Waals surface area contributed by atoms with Crippen LogP contribution in [-0.2, 0) is 0 Å². The number of carbonyl (C=O) groups excluding carboxylic acids is 1. The number of rotatable bonds is 5. The van der Waals surface area contributed by atoms with Crippen LogP contribution in [0.5, 0.6) is 0 Å². The van der Waals surface area contributed by atoms with Gasteiger partial charge in [0.25, 0.3) is 5.91 Å². The van der Waals surface area contributed by atoms with Gasteiger partial charge in [0.1, 0.15) is 11.6 Å². The van der Waals surface area contributed by atoms with Crippen LogP contribution in [0.4, 0.5) is 8.78 Å². The van der Waals surface area contributed by atoms with Gasteiger partial charge in [-0.3, -0.25) is 14.8 Å². The smallest absolute Gasteiger partial charge is 0.256 e. The lowest BCUT2D eigenvalue weighted by Crippen LogP contribution is -2.38. The van der Waals surface area contributed by atoms with Crippen LogP contribution in [0.1, 0.15) is 59.3 Å². The highest BCUT2D eigenvalue weighted by Crippen LogP contribution is 2.33. The molecular weight excluding hydrogens is 482 g/mol. The van der Waals surface area contributed by atoms with Crippen molar-refractivity contribution < 1.29 is 13.6 Å². The molecule has 0 aliphatic carbocycles. The quantitative estimate of drug-likeness (QED) is 0.304. The highest BCUT2D eigenvalue weighted by molar-refractivity contribution is 6.31. The number of hydrogen-bond acceptors (Lipinski definition) is 3. The first kappa shape index (κ1) is 24.1. The van der Waals surface area contributed by atoms with Gasteiger partial charge in [-0.15, -0.1) is 0 Å². The fourth-order valence-electron chi connectivity index (χ4n) is 4.89. The van der Waals surface area contributed by atoms with Crippen molar-refractivity contribution in [1.82, 2.24) is 14.5 Å². The number of para-hydroxylation sites is 2. The van der Waals surface area contributed by atoms with Gasteiger partial charge in [-0.2, -0.15) is 0 Å². The topological polar surface area (TPSA) is 62.0 Å². The Morgan fingerprint density at radius 1 is 1.06 bits per heavy atom. The van der Waals surface area contributed by atoms with Crippen molar-refractivity contribution in [2.75, 3.05) is 13.1 Å². The molecule has 2 heterocycles. The number of piperidine rings is 1. The lowest BCUT2D eigenvalue weighted by atomic mass is 9.95. The van der Waals surface area contributed by atoms with E-state index in [2.05, 4.69) is 4.98 Å². The van der Waals surface area contributed by atoms with Crippen LogP contribution in [0.2, 0.25) is 5.02 Å². The summed E-state index contributed by atoms with van der Waals surface area (Å²) in [5.74, 6) is -0.364. The number of alkyl halides is 1. The Bertz CT molecular complexity index is 1460. The van der Waals surface area contributed by atoms with E-state index in [4.69, 9.17) is 17.0 Å². The Kier molecular flexibility index (Phi) is 6.58. The second-order valence-electron chi connectivity index (χ2n) is 9.05. The maximum atomic E-state index is 15.0. The predicted octanol–water partition coefficient (Wildman–Crippen LogP) is 6.75. The number of carbonyl (C=O) groups is 1. The van der Waals surface area contributed by atoms with E-state index in [0.717, 1.165) is 11.0 Å². The number of hydrogen-bond donors (Lipinski definition) is 1. The SMILES string of the molecule is C[C@@H](F)n1c(C2CCN(C(=O)c3ccc(C(=N)c4cccc(Cl)c4)cc3F)CC2)nc2ccccc21. The van der Waals surface area contributed by atoms with E-state index in [0.29, 0.717) is 47.9 Å². The molecule has 0 saturated carbocycles. The normalized spacial score (nSPS) is 15.3. The highest BCUT2D eigenvalue weighted by Gasteiger charge is 2.30. The second kappa shape index (κ2) is 9.82. The number of likely N-dealkylation sites (tertiary alicyclic amines) is 1. The molecular formula is C28H25ClF2N4O. The van der Waals surface area contributed by atoms with Gasteiger partial charge in [0, 0.05) is 35.2 Å². The predicted molar refractivity (Wildman–Crippen MR) is 137 cm³/mol. The molecule has 1 saturated heterocycles. The zero-order valence-electron chi connectivity index (χ0n) is 19.7. The molecule has 5 nitrogen and oxygen atoms in total. The molecule has 3 aromatic carbocycles. The van der Waals surface area contributed by atoms with Crippen LogP contribution >= 0.6 is 11.6 Å². The van der Waals surface area contributed by atoms with Crippen molar-refractivity contribution in [1.29, 1.82) is 5.41 Å². The minimum Gasteiger partial charge on any atom is -0.339 e. The summed E-state index contributed by atoms with van der Waals surface area (Å²) >= 11 is 6.01. The van der Waals surface area contributed by atoms with Gasteiger partial charge in [-0.25, -0.2) is 13.8 Å². The number of imidazole rings is 1. The van der Waals surface area contributed by atoms with E-state index in [1.807, 2.05) is 24.3 Å². The fourth-order valence-corrected chi connectivity index (χ4v) is 5.08. The molecule has 1 aliphatic heterocycles. The Balaban J connectivity index is 1.30. The molecule has 1 atom stereocenters. The largest absolute Gasteiger partial charge is 0.339 e. The number of nitrogens with zero attached hydrogens (tertiary/aromatic N) is 3. The number of halogens is 3. The van der Waals surface area contributed by atoms with Crippen molar-refractivity contribution in [3.63, 3.8) is 0 Å². The monoisotopic (exact) mass is 506 g/mol. The van der Waals surface area contributed by atoms with Gasteiger partial charge < -0.3 is 4.90 Å². The first-order valence-electron chi connectivity index (χ1n) is 11.9. The molecule has 1 aromatic heterocycles. The van der Waals surface area contributed by atoms with Crippen LogP contribution in [0.15, 0.2) is 66.7 Å². The van der Waals surface area contributed by atoms with Crippen LogP contribution in [0, 0.1) is 11.2 Å². The van der Waals surface area contributed by atoms with Crippen LogP contribution < -0.4 is 0 Å². The molecule has 4 aromatic rings. The Labute approximate surface area is 212 Å². The molecule has 8 heteroatoms. The highest BCUT2D eigenvalue weighted by atomic mass is 35.5. The molecule has 5 rings (SSSR count). The summed E-state index contributed by atoms with van der Waals surface area (Å²) in [6.45, 7) is 2.34. The van der Waals surface area contributed by atoms with Gasteiger partial charge in [0.2, 0.25) is 0 Å². The Morgan fingerprint density at radius 2 is 1.78 bits per heavy atom. The van der Waals surface area contributed by atoms with E-state index in [1.54, 1.807) is 39.8 Å². The van der Waals surface area contributed by atoms with E-state index >= 15 is 0 Å². The summed E-state index contributed by atoms with van der Waals surface area (Å²) in [5, 5.41) is 8.86. The minimum atomic E-state index is -1.22. The zero-order valence-corrected chi connectivity index (χ0v) is 20.5. The van der Waals surface area contributed by atoms with Crippen molar-refractivity contribution in [2.24, 2.45) is 0 Å². The van der Waals surface area contributed by atoms with Crippen molar-refractivity contribution in [2.45, 2.75) is 32.0 Å². The Hall–Kier alpha value is -3.58. The summed E-state index contributed by atoms with van der Waals surface area (Å²) < 4.78 is 31.1. The van der Waals surface area contributed by atoms with Crippen molar-refractivity contribution in [3.05, 3.63) is 100 Å². The second-order valence-corrected chi connectivity index (χ2v) is 9.49. The average molecular weight is 507 g/mol. The van der Waals surface area contributed by atoms with Gasteiger partial charge in [0.05, 0.1) is 22.3 Å². The third-order valence-corrected chi connectivity index (χ3v) is 6.96. The van der Waals surface area contributed by atoms with Gasteiger partial charge >= 0.3 is 0 Å². The molecule has 0 radical (unpaired) electrons. The first-order valence-corrected chi connectivity index (χ1v) is 12.3. The van der Waals surface area contributed by atoms with Gasteiger partial charge in [-0.1, -0.05) is 41.9 Å². The maximum absolute atomic E-state index is 15.0. The molecule has 184 valence electrons. The number of nitrogens with one attached hydrogen (secondary N) is 1. The number of amides is 1.